The lowest BCUT2D eigenvalue weighted by Gasteiger charge is -2.32. The lowest BCUT2D eigenvalue weighted by atomic mass is 9.97. The van der Waals surface area contributed by atoms with Crippen molar-refractivity contribution in [3.05, 3.63) is 35.4 Å². The maximum atomic E-state index is 12.6. The largest absolute Gasteiger partial charge is 0.380 e. The number of sulfonamides is 1. The number of carbonyl (C=O) groups excluding carboxylic acids is 1. The first-order chi connectivity index (χ1) is 10.9. The molecule has 6 nitrogen and oxygen atoms in total. The Hall–Kier alpha value is -1.44. The highest BCUT2D eigenvalue weighted by molar-refractivity contribution is 7.88. The molecule has 23 heavy (non-hydrogen) atoms. The number of likely N-dealkylation sites (tertiary alicyclic amines) is 1. The van der Waals surface area contributed by atoms with Crippen LogP contribution in [-0.2, 0) is 21.4 Å². The van der Waals surface area contributed by atoms with Crippen molar-refractivity contribution in [2.75, 3.05) is 33.0 Å². The molecule has 1 fully saturated rings. The molecule has 1 amide bonds. The van der Waals surface area contributed by atoms with E-state index in [4.69, 9.17) is 4.74 Å². The van der Waals surface area contributed by atoms with Crippen molar-refractivity contribution in [2.45, 2.75) is 19.4 Å². The van der Waals surface area contributed by atoms with Crippen molar-refractivity contribution in [1.82, 2.24) is 9.62 Å². The average molecular weight is 340 g/mol. The summed E-state index contributed by atoms with van der Waals surface area (Å²) in [4.78, 5) is 14.4. The molecule has 1 aliphatic rings. The maximum absolute atomic E-state index is 12.6. The quantitative estimate of drug-likeness (QED) is 0.845. The van der Waals surface area contributed by atoms with E-state index in [-0.39, 0.29) is 11.8 Å². The van der Waals surface area contributed by atoms with Crippen molar-refractivity contribution >= 4 is 15.9 Å². The Balaban J connectivity index is 1.95. The van der Waals surface area contributed by atoms with Gasteiger partial charge in [0.15, 0.2) is 0 Å². The third-order valence-electron chi connectivity index (χ3n) is 3.95. The Kier molecular flexibility index (Phi) is 6.15. The minimum atomic E-state index is -3.19. The molecule has 0 aromatic heterocycles. The minimum Gasteiger partial charge on any atom is -0.380 e. The van der Waals surface area contributed by atoms with Gasteiger partial charge in [0.2, 0.25) is 10.0 Å². The second-order valence-corrected chi connectivity index (χ2v) is 7.84. The molecule has 0 spiro atoms. The number of methoxy groups -OCH3 is 1. The normalized spacial score (nSPS) is 18.9. The minimum absolute atomic E-state index is 0.00183. The molecule has 0 unspecified atom stereocenters. The van der Waals surface area contributed by atoms with Crippen LogP contribution in [0.4, 0.5) is 0 Å². The molecule has 0 radical (unpaired) electrons. The van der Waals surface area contributed by atoms with E-state index in [9.17, 15) is 13.2 Å². The van der Waals surface area contributed by atoms with E-state index < -0.39 is 10.0 Å². The smallest absolute Gasteiger partial charge is 0.253 e. The van der Waals surface area contributed by atoms with Gasteiger partial charge in [0.25, 0.3) is 5.91 Å². The molecule has 1 aliphatic heterocycles. The average Bonchev–Trinajstić information content (AvgIpc) is 2.53. The number of rotatable bonds is 6. The first-order valence-electron chi connectivity index (χ1n) is 7.71. The van der Waals surface area contributed by atoms with Crippen molar-refractivity contribution in [3.8, 4) is 0 Å². The number of amides is 1. The highest BCUT2D eigenvalue weighted by atomic mass is 32.2. The van der Waals surface area contributed by atoms with Gasteiger partial charge in [-0.2, -0.15) is 0 Å². The van der Waals surface area contributed by atoms with E-state index >= 15 is 0 Å². The SMILES string of the molecule is COCc1ccc(C(=O)N2CCC[C@@H](CNS(C)(=O)=O)C2)cc1. The van der Waals surface area contributed by atoms with Crippen LogP contribution in [0, 0.1) is 5.92 Å². The Bertz CT molecular complexity index is 628. The van der Waals surface area contributed by atoms with E-state index in [0.717, 1.165) is 24.7 Å². The molecule has 0 saturated carbocycles. The number of piperidine rings is 1. The molecule has 1 aromatic carbocycles. The number of hydrogen-bond donors (Lipinski definition) is 1. The van der Waals surface area contributed by atoms with E-state index in [2.05, 4.69) is 4.72 Å². The summed E-state index contributed by atoms with van der Waals surface area (Å²) in [6.45, 7) is 2.21. The van der Waals surface area contributed by atoms with E-state index in [1.54, 1.807) is 7.11 Å². The van der Waals surface area contributed by atoms with Gasteiger partial charge < -0.3 is 9.64 Å². The van der Waals surface area contributed by atoms with Gasteiger partial charge in [-0.1, -0.05) is 12.1 Å². The molecule has 0 bridgehead atoms. The second-order valence-electron chi connectivity index (χ2n) is 6.01. The van der Waals surface area contributed by atoms with Gasteiger partial charge in [0, 0.05) is 32.3 Å². The van der Waals surface area contributed by atoms with Gasteiger partial charge in [0.05, 0.1) is 12.9 Å². The monoisotopic (exact) mass is 340 g/mol. The van der Waals surface area contributed by atoms with Gasteiger partial charge in [-0.3, -0.25) is 4.79 Å². The summed E-state index contributed by atoms with van der Waals surface area (Å²) in [5.41, 5.74) is 1.68. The van der Waals surface area contributed by atoms with Crippen molar-refractivity contribution in [1.29, 1.82) is 0 Å². The van der Waals surface area contributed by atoms with Crippen LogP contribution in [0.15, 0.2) is 24.3 Å². The number of hydrogen-bond acceptors (Lipinski definition) is 4. The summed E-state index contributed by atoms with van der Waals surface area (Å²) in [5.74, 6) is 0.160. The summed E-state index contributed by atoms with van der Waals surface area (Å²) in [7, 11) is -1.55. The van der Waals surface area contributed by atoms with Crippen molar-refractivity contribution in [2.24, 2.45) is 5.92 Å². The van der Waals surface area contributed by atoms with Crippen LogP contribution in [0.1, 0.15) is 28.8 Å². The van der Waals surface area contributed by atoms with Crippen molar-refractivity contribution in [3.63, 3.8) is 0 Å². The Morgan fingerprint density at radius 1 is 1.35 bits per heavy atom. The van der Waals surface area contributed by atoms with E-state index in [1.165, 1.54) is 0 Å². The van der Waals surface area contributed by atoms with Crippen LogP contribution in [0.2, 0.25) is 0 Å². The highest BCUT2D eigenvalue weighted by Gasteiger charge is 2.25. The molecule has 2 rings (SSSR count). The third kappa shape index (κ3) is 5.60. The zero-order valence-electron chi connectivity index (χ0n) is 13.6. The first kappa shape index (κ1) is 17.9. The number of benzene rings is 1. The fraction of sp³-hybridized carbons (Fsp3) is 0.562. The topological polar surface area (TPSA) is 75.7 Å². The zero-order chi connectivity index (χ0) is 16.9. The fourth-order valence-electron chi connectivity index (χ4n) is 2.78. The summed E-state index contributed by atoms with van der Waals surface area (Å²) in [5, 5.41) is 0. The predicted octanol–water partition coefficient (Wildman–Crippen LogP) is 1.23. The van der Waals surface area contributed by atoms with Gasteiger partial charge >= 0.3 is 0 Å². The first-order valence-corrected chi connectivity index (χ1v) is 9.60. The third-order valence-corrected chi connectivity index (χ3v) is 4.64. The van der Waals surface area contributed by atoms with Crippen LogP contribution in [0.25, 0.3) is 0 Å². The zero-order valence-corrected chi connectivity index (χ0v) is 14.4. The maximum Gasteiger partial charge on any atom is 0.253 e. The number of ether oxygens (including phenoxy) is 1. The molecule has 1 N–H and O–H groups in total. The van der Waals surface area contributed by atoms with Gasteiger partial charge in [-0.15, -0.1) is 0 Å². The Morgan fingerprint density at radius 3 is 2.65 bits per heavy atom. The number of nitrogens with zero attached hydrogens (tertiary/aromatic N) is 1. The molecule has 1 atom stereocenters. The van der Waals surface area contributed by atoms with Crippen LogP contribution >= 0.6 is 0 Å². The molecule has 1 aromatic rings. The number of carbonyl (C=O) groups is 1. The van der Waals surface area contributed by atoms with Crippen LogP contribution in [-0.4, -0.2) is 52.2 Å². The van der Waals surface area contributed by atoms with E-state index in [0.29, 0.717) is 31.8 Å². The van der Waals surface area contributed by atoms with Crippen LogP contribution < -0.4 is 4.72 Å². The van der Waals surface area contributed by atoms with Gasteiger partial charge in [0.1, 0.15) is 0 Å². The van der Waals surface area contributed by atoms with E-state index in [1.807, 2.05) is 29.2 Å². The predicted molar refractivity (Wildman–Crippen MR) is 88.6 cm³/mol. The Labute approximate surface area is 137 Å². The lowest BCUT2D eigenvalue weighted by molar-refractivity contribution is 0.0676. The molecular weight excluding hydrogens is 316 g/mol. The molecule has 1 heterocycles. The summed E-state index contributed by atoms with van der Waals surface area (Å²) in [6, 6.07) is 7.41. The van der Waals surface area contributed by atoms with Gasteiger partial charge in [-0.25, -0.2) is 13.1 Å². The molecule has 1 saturated heterocycles. The molecular formula is C16H24N2O4S. The van der Waals surface area contributed by atoms with Crippen LogP contribution in [0.5, 0.6) is 0 Å². The standard InChI is InChI=1S/C16H24N2O4S/c1-22-12-13-5-7-15(8-6-13)16(19)18-9-3-4-14(11-18)10-17-23(2,20)21/h5-8,14,17H,3-4,9-12H2,1-2H3/t14-/m0/s1. The van der Waals surface area contributed by atoms with Crippen molar-refractivity contribution < 1.29 is 17.9 Å². The summed E-state index contributed by atoms with van der Waals surface area (Å²) < 4.78 is 30.0. The summed E-state index contributed by atoms with van der Waals surface area (Å²) >= 11 is 0. The molecule has 0 aliphatic carbocycles. The molecule has 7 heteroatoms. The number of nitrogens with one attached hydrogen (secondary N) is 1. The van der Waals surface area contributed by atoms with Gasteiger partial charge in [-0.05, 0) is 36.5 Å². The summed E-state index contributed by atoms with van der Waals surface area (Å²) in [6.07, 6.45) is 2.98. The fourth-order valence-corrected chi connectivity index (χ4v) is 3.32. The second kappa shape index (κ2) is 7.90. The van der Waals surface area contributed by atoms with Crippen LogP contribution in [0.3, 0.4) is 0 Å². The lowest BCUT2D eigenvalue weighted by Crippen LogP contribution is -2.43. The highest BCUT2D eigenvalue weighted by Crippen LogP contribution is 2.18. The molecule has 128 valence electrons. The Morgan fingerprint density at radius 2 is 2.04 bits per heavy atom.